The van der Waals surface area contributed by atoms with E-state index < -0.39 is 0 Å². The minimum absolute atomic E-state index is 0.865. The van der Waals surface area contributed by atoms with Gasteiger partial charge in [-0.15, -0.1) is 0 Å². The lowest BCUT2D eigenvalue weighted by Crippen LogP contribution is -2.09. The van der Waals surface area contributed by atoms with Crippen LogP contribution >= 0.6 is 0 Å². The van der Waals surface area contributed by atoms with E-state index in [0.29, 0.717) is 0 Å². The topological polar surface area (TPSA) is 47.3 Å². The van der Waals surface area contributed by atoms with E-state index >= 15 is 0 Å². The zero-order chi connectivity index (χ0) is 9.14. The van der Waals surface area contributed by atoms with Gasteiger partial charge in [-0.2, -0.15) is 0 Å². The van der Waals surface area contributed by atoms with Crippen LogP contribution in [0.15, 0.2) is 12.1 Å². The summed E-state index contributed by atoms with van der Waals surface area (Å²) in [5.41, 5.74) is 5.81. The van der Waals surface area contributed by atoms with Gasteiger partial charge in [-0.05, 0) is 37.1 Å². The maximum Gasteiger partial charge on any atom is 0.119 e. The molecule has 0 aliphatic rings. The molecule has 3 N–H and O–H groups in total. The second kappa shape index (κ2) is 3.45. The first-order valence-electron chi connectivity index (χ1n) is 3.81. The highest BCUT2D eigenvalue weighted by Crippen LogP contribution is 2.24. The summed E-state index contributed by atoms with van der Waals surface area (Å²) in [7, 11) is 1.66. The van der Waals surface area contributed by atoms with Crippen LogP contribution in [0.4, 0.5) is 5.69 Å². The van der Waals surface area contributed by atoms with Crippen molar-refractivity contribution < 1.29 is 4.74 Å². The third-order valence-electron chi connectivity index (χ3n) is 1.89. The summed E-state index contributed by atoms with van der Waals surface area (Å²) in [4.78, 5) is 0. The fraction of sp³-hybridized carbons (Fsp3) is 0.333. The third-order valence-corrected chi connectivity index (χ3v) is 1.89. The molecule has 0 aromatic heterocycles. The Balaban J connectivity index is 3.18. The minimum atomic E-state index is 0.865. The fourth-order valence-corrected chi connectivity index (χ4v) is 1.27. The van der Waals surface area contributed by atoms with Gasteiger partial charge in [0, 0.05) is 0 Å². The van der Waals surface area contributed by atoms with Crippen LogP contribution in [0.1, 0.15) is 11.1 Å². The molecular formula is C9H14N2O. The minimum Gasteiger partial charge on any atom is -0.497 e. The van der Waals surface area contributed by atoms with E-state index in [0.717, 1.165) is 22.6 Å². The standard InChI is InChI=1S/C9H14N2O/c1-6-4-8(12-3)5-7(2)9(6)11-10/h4-5,11H,10H2,1-3H3. The Bertz CT molecular complexity index is 261. The number of anilines is 1. The SMILES string of the molecule is COc1cc(C)c(NN)c(C)c1. The average Bonchev–Trinajstić information content (AvgIpc) is 2.03. The van der Waals surface area contributed by atoms with Crippen LogP contribution in [0.2, 0.25) is 0 Å². The summed E-state index contributed by atoms with van der Waals surface area (Å²) >= 11 is 0. The van der Waals surface area contributed by atoms with E-state index in [4.69, 9.17) is 10.6 Å². The van der Waals surface area contributed by atoms with Crippen LogP contribution in [0.3, 0.4) is 0 Å². The molecule has 3 heteroatoms. The molecule has 1 aromatic rings. The Morgan fingerprint density at radius 1 is 1.25 bits per heavy atom. The van der Waals surface area contributed by atoms with E-state index in [9.17, 15) is 0 Å². The van der Waals surface area contributed by atoms with E-state index in [2.05, 4.69) is 5.43 Å². The van der Waals surface area contributed by atoms with Gasteiger partial charge in [0.15, 0.2) is 0 Å². The predicted octanol–water partition coefficient (Wildman–Crippen LogP) is 1.60. The van der Waals surface area contributed by atoms with Crippen LogP contribution in [0.25, 0.3) is 0 Å². The average molecular weight is 166 g/mol. The van der Waals surface area contributed by atoms with Gasteiger partial charge in [0.05, 0.1) is 12.8 Å². The summed E-state index contributed by atoms with van der Waals surface area (Å²) in [6.07, 6.45) is 0. The fourth-order valence-electron chi connectivity index (χ4n) is 1.27. The molecular weight excluding hydrogens is 152 g/mol. The van der Waals surface area contributed by atoms with Crippen LogP contribution in [-0.2, 0) is 0 Å². The Labute approximate surface area is 72.5 Å². The quantitative estimate of drug-likeness (QED) is 0.518. The van der Waals surface area contributed by atoms with Gasteiger partial charge in [0.1, 0.15) is 5.75 Å². The van der Waals surface area contributed by atoms with E-state index in [1.807, 2.05) is 26.0 Å². The van der Waals surface area contributed by atoms with Crippen LogP contribution < -0.4 is 16.0 Å². The van der Waals surface area contributed by atoms with E-state index in [1.54, 1.807) is 7.11 Å². The van der Waals surface area contributed by atoms with Gasteiger partial charge in [0.2, 0.25) is 0 Å². The lowest BCUT2D eigenvalue weighted by molar-refractivity contribution is 0.414. The van der Waals surface area contributed by atoms with Crippen molar-refractivity contribution >= 4 is 5.69 Å². The van der Waals surface area contributed by atoms with Gasteiger partial charge in [0.25, 0.3) is 0 Å². The van der Waals surface area contributed by atoms with Crippen molar-refractivity contribution in [1.29, 1.82) is 0 Å². The number of methoxy groups -OCH3 is 1. The molecule has 0 unspecified atom stereocenters. The van der Waals surface area contributed by atoms with Gasteiger partial charge in [-0.25, -0.2) is 0 Å². The second-order valence-corrected chi connectivity index (χ2v) is 2.78. The highest BCUT2D eigenvalue weighted by atomic mass is 16.5. The summed E-state index contributed by atoms with van der Waals surface area (Å²) in [6.45, 7) is 3.98. The number of nitrogens with one attached hydrogen (secondary N) is 1. The molecule has 0 spiro atoms. The number of hydrazine groups is 1. The second-order valence-electron chi connectivity index (χ2n) is 2.78. The molecule has 1 aromatic carbocycles. The molecule has 0 saturated carbocycles. The number of rotatable bonds is 2. The summed E-state index contributed by atoms with van der Waals surface area (Å²) < 4.78 is 5.11. The molecule has 0 heterocycles. The number of ether oxygens (including phenoxy) is 1. The Hall–Kier alpha value is -1.22. The maximum atomic E-state index is 5.35. The van der Waals surface area contributed by atoms with Crippen molar-refractivity contribution in [3.05, 3.63) is 23.3 Å². The molecule has 0 amide bonds. The number of benzene rings is 1. The van der Waals surface area contributed by atoms with Crippen LogP contribution in [0.5, 0.6) is 5.75 Å². The molecule has 0 aliphatic carbocycles. The molecule has 1 rings (SSSR count). The zero-order valence-corrected chi connectivity index (χ0v) is 7.64. The first-order chi connectivity index (χ1) is 5.69. The van der Waals surface area contributed by atoms with Crippen molar-refractivity contribution in [2.45, 2.75) is 13.8 Å². The highest BCUT2D eigenvalue weighted by Gasteiger charge is 2.02. The van der Waals surface area contributed by atoms with Crippen LogP contribution in [-0.4, -0.2) is 7.11 Å². The number of hydrogen-bond donors (Lipinski definition) is 2. The summed E-state index contributed by atoms with van der Waals surface area (Å²) in [5.74, 6) is 6.22. The molecule has 0 aliphatic heterocycles. The maximum absolute atomic E-state index is 5.35. The van der Waals surface area contributed by atoms with Crippen molar-refractivity contribution in [3.63, 3.8) is 0 Å². The molecule has 0 radical (unpaired) electrons. The summed E-state index contributed by atoms with van der Waals surface area (Å²) in [5, 5.41) is 0. The van der Waals surface area contributed by atoms with Crippen molar-refractivity contribution in [3.8, 4) is 5.75 Å². The smallest absolute Gasteiger partial charge is 0.119 e. The van der Waals surface area contributed by atoms with E-state index in [1.165, 1.54) is 0 Å². The number of aryl methyl sites for hydroxylation is 2. The normalized spacial score (nSPS) is 9.67. The van der Waals surface area contributed by atoms with Crippen molar-refractivity contribution in [1.82, 2.24) is 0 Å². The third kappa shape index (κ3) is 1.51. The monoisotopic (exact) mass is 166 g/mol. The van der Waals surface area contributed by atoms with Gasteiger partial charge >= 0.3 is 0 Å². The molecule has 12 heavy (non-hydrogen) atoms. The largest absolute Gasteiger partial charge is 0.497 e. The Morgan fingerprint density at radius 2 is 1.75 bits per heavy atom. The molecule has 0 atom stereocenters. The van der Waals surface area contributed by atoms with E-state index in [-0.39, 0.29) is 0 Å². The lowest BCUT2D eigenvalue weighted by atomic mass is 10.1. The predicted molar refractivity (Wildman–Crippen MR) is 50.3 cm³/mol. The van der Waals surface area contributed by atoms with Crippen LogP contribution in [0, 0.1) is 13.8 Å². The number of hydrogen-bond acceptors (Lipinski definition) is 3. The van der Waals surface area contributed by atoms with Crippen molar-refractivity contribution in [2.24, 2.45) is 5.84 Å². The zero-order valence-electron chi connectivity index (χ0n) is 7.64. The first-order valence-corrected chi connectivity index (χ1v) is 3.81. The Morgan fingerprint density at radius 3 is 2.08 bits per heavy atom. The summed E-state index contributed by atoms with van der Waals surface area (Å²) in [6, 6.07) is 3.89. The lowest BCUT2D eigenvalue weighted by Gasteiger charge is -2.10. The van der Waals surface area contributed by atoms with Gasteiger partial charge in [-0.1, -0.05) is 0 Å². The van der Waals surface area contributed by atoms with Gasteiger partial charge in [-0.3, -0.25) is 5.84 Å². The Kier molecular flexibility index (Phi) is 2.55. The van der Waals surface area contributed by atoms with Gasteiger partial charge < -0.3 is 10.2 Å². The molecule has 0 bridgehead atoms. The molecule has 66 valence electrons. The molecule has 0 fully saturated rings. The molecule has 3 nitrogen and oxygen atoms in total. The first kappa shape index (κ1) is 8.87. The molecule has 0 saturated heterocycles. The highest BCUT2D eigenvalue weighted by molar-refractivity contribution is 5.58. The number of nitrogen functional groups attached to an aromatic ring is 1. The number of nitrogens with two attached hydrogens (primary N) is 1. The van der Waals surface area contributed by atoms with Crippen molar-refractivity contribution in [2.75, 3.05) is 12.5 Å².